The van der Waals surface area contributed by atoms with Gasteiger partial charge in [-0.25, -0.2) is 0 Å². The molecule has 0 saturated carbocycles. The number of carbonyl (C=O) groups is 1. The van der Waals surface area contributed by atoms with Crippen molar-refractivity contribution in [2.24, 2.45) is 0 Å². The summed E-state index contributed by atoms with van der Waals surface area (Å²) in [4.78, 5) is 22.5. The fourth-order valence-corrected chi connectivity index (χ4v) is 2.01. The minimum atomic E-state index is -0.0484. The highest BCUT2D eigenvalue weighted by Crippen LogP contribution is 2.22. The van der Waals surface area contributed by atoms with E-state index in [-0.39, 0.29) is 18.5 Å². The Labute approximate surface area is 123 Å². The smallest absolute Gasteiger partial charge is 0.239 e. The molecular weight excluding hydrogens is 270 g/mol. The molecule has 1 amide bonds. The molecule has 0 fully saturated rings. The standard InChI is InChI=1S/C13H21N7O/c1-5-14-13-17-11-9(6-15-19-11)12(18-13)20(4)7-10(21)16-8(2)3/h6,8H,5,7H2,1-4H3,(H,16,21)(H2,14,15,17,18,19). The maximum absolute atomic E-state index is 11.9. The number of hydrogen-bond acceptors (Lipinski definition) is 6. The van der Waals surface area contributed by atoms with Crippen molar-refractivity contribution in [3.8, 4) is 0 Å². The lowest BCUT2D eigenvalue weighted by molar-refractivity contribution is -0.120. The zero-order chi connectivity index (χ0) is 15.4. The number of H-pyrrole nitrogens is 1. The Balaban J connectivity index is 2.26. The van der Waals surface area contributed by atoms with E-state index in [9.17, 15) is 4.79 Å². The van der Waals surface area contributed by atoms with E-state index in [1.807, 2.05) is 27.8 Å². The Bertz CT molecular complexity index is 622. The number of fused-ring (bicyclic) bond motifs is 1. The van der Waals surface area contributed by atoms with Crippen molar-refractivity contribution in [3.63, 3.8) is 0 Å². The number of nitrogens with one attached hydrogen (secondary N) is 3. The highest BCUT2D eigenvalue weighted by Gasteiger charge is 2.15. The fourth-order valence-electron chi connectivity index (χ4n) is 2.01. The first-order chi connectivity index (χ1) is 10.0. The Morgan fingerprint density at radius 3 is 2.86 bits per heavy atom. The molecule has 21 heavy (non-hydrogen) atoms. The predicted molar refractivity (Wildman–Crippen MR) is 82.4 cm³/mol. The maximum Gasteiger partial charge on any atom is 0.239 e. The van der Waals surface area contributed by atoms with Gasteiger partial charge in [0.25, 0.3) is 0 Å². The normalized spacial score (nSPS) is 10.9. The van der Waals surface area contributed by atoms with Gasteiger partial charge in [0.15, 0.2) is 5.65 Å². The van der Waals surface area contributed by atoms with E-state index >= 15 is 0 Å². The molecule has 0 unspecified atom stereocenters. The summed E-state index contributed by atoms with van der Waals surface area (Å²) in [7, 11) is 1.82. The molecule has 0 atom stereocenters. The third-order valence-electron chi connectivity index (χ3n) is 2.82. The first kappa shape index (κ1) is 15.0. The number of anilines is 2. The lowest BCUT2D eigenvalue weighted by atomic mass is 10.3. The zero-order valence-corrected chi connectivity index (χ0v) is 12.8. The topological polar surface area (TPSA) is 98.8 Å². The minimum Gasteiger partial charge on any atom is -0.354 e. The molecule has 8 nitrogen and oxygen atoms in total. The van der Waals surface area contributed by atoms with Crippen LogP contribution in [0.1, 0.15) is 20.8 Å². The third kappa shape index (κ3) is 3.59. The molecule has 0 aromatic carbocycles. The maximum atomic E-state index is 11.9. The van der Waals surface area contributed by atoms with Crippen LogP contribution in [0.4, 0.5) is 11.8 Å². The number of nitrogens with zero attached hydrogens (tertiary/aromatic N) is 4. The average Bonchev–Trinajstić information content (AvgIpc) is 2.85. The van der Waals surface area contributed by atoms with E-state index in [1.54, 1.807) is 11.1 Å². The second-order valence-corrected chi connectivity index (χ2v) is 5.11. The van der Waals surface area contributed by atoms with Crippen LogP contribution < -0.4 is 15.5 Å². The second kappa shape index (κ2) is 6.38. The lowest BCUT2D eigenvalue weighted by Crippen LogP contribution is -2.39. The van der Waals surface area contributed by atoms with Gasteiger partial charge in [0.1, 0.15) is 5.82 Å². The Kier molecular flexibility index (Phi) is 4.56. The van der Waals surface area contributed by atoms with Crippen LogP contribution in [0, 0.1) is 0 Å². The number of rotatable bonds is 6. The van der Waals surface area contributed by atoms with Gasteiger partial charge in [-0.15, -0.1) is 0 Å². The van der Waals surface area contributed by atoms with E-state index in [1.165, 1.54) is 0 Å². The first-order valence-electron chi connectivity index (χ1n) is 6.96. The summed E-state index contributed by atoms with van der Waals surface area (Å²) in [5.74, 6) is 1.14. The molecule has 0 aliphatic heterocycles. The molecule has 114 valence electrons. The largest absolute Gasteiger partial charge is 0.354 e. The van der Waals surface area contributed by atoms with Crippen LogP contribution in [-0.4, -0.2) is 52.3 Å². The second-order valence-electron chi connectivity index (χ2n) is 5.11. The van der Waals surface area contributed by atoms with Crippen LogP contribution in [0.2, 0.25) is 0 Å². The summed E-state index contributed by atoms with van der Waals surface area (Å²) in [6.07, 6.45) is 1.66. The number of carbonyl (C=O) groups excluding carboxylic acids is 1. The van der Waals surface area contributed by atoms with Gasteiger partial charge < -0.3 is 15.5 Å². The van der Waals surface area contributed by atoms with E-state index in [4.69, 9.17) is 0 Å². The molecular formula is C13H21N7O. The SMILES string of the molecule is CCNc1nc(N(C)CC(=O)NC(C)C)c2cn[nH]c2n1. The molecule has 0 spiro atoms. The molecule has 0 saturated heterocycles. The summed E-state index contributed by atoms with van der Waals surface area (Å²) in [5.41, 5.74) is 0.645. The zero-order valence-electron chi connectivity index (χ0n) is 12.8. The van der Waals surface area contributed by atoms with E-state index in [0.717, 1.165) is 11.9 Å². The summed E-state index contributed by atoms with van der Waals surface area (Å²) in [5, 5.41) is 13.5. The minimum absolute atomic E-state index is 0.0484. The Morgan fingerprint density at radius 2 is 2.19 bits per heavy atom. The van der Waals surface area contributed by atoms with Crippen molar-refractivity contribution in [1.29, 1.82) is 0 Å². The average molecular weight is 291 g/mol. The van der Waals surface area contributed by atoms with Gasteiger partial charge in [-0.05, 0) is 20.8 Å². The Hall–Kier alpha value is -2.38. The van der Waals surface area contributed by atoms with Crippen molar-refractivity contribution in [2.75, 3.05) is 30.4 Å². The van der Waals surface area contributed by atoms with Crippen molar-refractivity contribution >= 4 is 28.7 Å². The van der Waals surface area contributed by atoms with Crippen LogP contribution in [0.5, 0.6) is 0 Å². The van der Waals surface area contributed by atoms with Gasteiger partial charge in [-0.3, -0.25) is 9.89 Å². The van der Waals surface area contributed by atoms with Gasteiger partial charge >= 0.3 is 0 Å². The number of aromatic nitrogens is 4. The first-order valence-corrected chi connectivity index (χ1v) is 6.96. The number of amides is 1. The van der Waals surface area contributed by atoms with Crippen LogP contribution in [0.25, 0.3) is 11.0 Å². The molecule has 2 rings (SSSR count). The van der Waals surface area contributed by atoms with Crippen molar-refractivity contribution < 1.29 is 4.79 Å². The number of likely N-dealkylation sites (N-methyl/N-ethyl adjacent to an activating group) is 1. The highest BCUT2D eigenvalue weighted by molar-refractivity contribution is 5.90. The quantitative estimate of drug-likeness (QED) is 0.726. The van der Waals surface area contributed by atoms with Crippen LogP contribution in [0.3, 0.4) is 0 Å². The van der Waals surface area contributed by atoms with Gasteiger partial charge in [0.05, 0.1) is 18.1 Å². The van der Waals surface area contributed by atoms with E-state index in [0.29, 0.717) is 17.4 Å². The van der Waals surface area contributed by atoms with E-state index in [2.05, 4.69) is 30.8 Å². The molecule has 0 aliphatic carbocycles. The fraction of sp³-hybridized carbons (Fsp3) is 0.538. The summed E-state index contributed by atoms with van der Waals surface area (Å²) < 4.78 is 0. The Morgan fingerprint density at radius 1 is 1.43 bits per heavy atom. The third-order valence-corrected chi connectivity index (χ3v) is 2.82. The van der Waals surface area contributed by atoms with E-state index < -0.39 is 0 Å². The molecule has 2 aromatic heterocycles. The molecule has 3 N–H and O–H groups in total. The molecule has 0 radical (unpaired) electrons. The monoisotopic (exact) mass is 291 g/mol. The van der Waals surface area contributed by atoms with Crippen LogP contribution in [-0.2, 0) is 4.79 Å². The summed E-state index contributed by atoms with van der Waals surface area (Å²) in [6, 6.07) is 0.113. The van der Waals surface area contributed by atoms with Gasteiger partial charge in [0.2, 0.25) is 11.9 Å². The van der Waals surface area contributed by atoms with Gasteiger partial charge in [-0.1, -0.05) is 0 Å². The predicted octanol–water partition coefficient (Wildman–Crippen LogP) is 0.745. The number of aromatic amines is 1. The molecule has 2 heterocycles. The van der Waals surface area contributed by atoms with Crippen molar-refractivity contribution in [1.82, 2.24) is 25.5 Å². The van der Waals surface area contributed by atoms with Crippen LogP contribution >= 0.6 is 0 Å². The van der Waals surface area contributed by atoms with Crippen molar-refractivity contribution in [3.05, 3.63) is 6.20 Å². The molecule has 8 heteroatoms. The molecule has 2 aromatic rings. The summed E-state index contributed by atoms with van der Waals surface area (Å²) >= 11 is 0. The van der Waals surface area contributed by atoms with Crippen molar-refractivity contribution in [2.45, 2.75) is 26.8 Å². The van der Waals surface area contributed by atoms with Gasteiger partial charge in [-0.2, -0.15) is 15.1 Å². The lowest BCUT2D eigenvalue weighted by Gasteiger charge is -2.19. The van der Waals surface area contributed by atoms with Crippen LogP contribution in [0.15, 0.2) is 6.20 Å². The highest BCUT2D eigenvalue weighted by atomic mass is 16.2. The molecule has 0 bridgehead atoms. The van der Waals surface area contributed by atoms with Gasteiger partial charge in [0, 0.05) is 19.6 Å². The summed E-state index contributed by atoms with van der Waals surface area (Å²) in [6.45, 7) is 6.78. The number of hydrogen-bond donors (Lipinski definition) is 3. The molecule has 0 aliphatic rings.